The molecule has 0 saturated carbocycles. The van der Waals surface area contributed by atoms with E-state index in [0.717, 1.165) is 37.0 Å². The summed E-state index contributed by atoms with van der Waals surface area (Å²) in [5.74, 6) is 1.17. The van der Waals surface area contributed by atoms with Crippen molar-refractivity contribution in [3.05, 3.63) is 46.8 Å². The number of hydrogen-bond donors (Lipinski definition) is 1. The van der Waals surface area contributed by atoms with Crippen molar-refractivity contribution in [3.8, 4) is 11.1 Å². The van der Waals surface area contributed by atoms with E-state index in [2.05, 4.69) is 61.8 Å². The van der Waals surface area contributed by atoms with Crippen LogP contribution < -0.4 is 5.32 Å². The average molecular weight is 348 g/mol. The van der Waals surface area contributed by atoms with Crippen LogP contribution in [-0.2, 0) is 12.8 Å². The van der Waals surface area contributed by atoms with Gasteiger partial charge in [0.25, 0.3) is 0 Å². The summed E-state index contributed by atoms with van der Waals surface area (Å²) in [6, 6.07) is 9.00. The normalized spacial score (nSPS) is 13.6. The second-order valence-corrected chi connectivity index (χ2v) is 7.41. The molecule has 0 fully saturated rings. The van der Waals surface area contributed by atoms with Crippen molar-refractivity contribution in [2.75, 3.05) is 5.32 Å². The fourth-order valence-corrected chi connectivity index (χ4v) is 4.14. The number of nitrogens with zero attached hydrogens (tertiary/aromatic N) is 3. The van der Waals surface area contributed by atoms with Crippen LogP contribution in [0, 0.1) is 13.8 Å². The molecule has 4 heteroatoms. The molecule has 2 aromatic heterocycles. The molecular weight excluding hydrogens is 320 g/mol. The highest BCUT2D eigenvalue weighted by Crippen LogP contribution is 2.35. The number of aromatic nitrogens is 3. The highest BCUT2D eigenvalue weighted by Gasteiger charge is 2.25. The van der Waals surface area contributed by atoms with Crippen LogP contribution in [0.3, 0.4) is 0 Å². The molecule has 1 aromatic carbocycles. The topological polar surface area (TPSA) is 42.2 Å². The zero-order chi connectivity index (χ0) is 18.3. The van der Waals surface area contributed by atoms with Crippen molar-refractivity contribution >= 4 is 11.5 Å². The first-order chi connectivity index (χ1) is 12.6. The Hall–Kier alpha value is -2.36. The van der Waals surface area contributed by atoms with E-state index in [9.17, 15) is 0 Å². The van der Waals surface area contributed by atoms with E-state index in [0.29, 0.717) is 6.04 Å². The quantitative estimate of drug-likeness (QED) is 0.697. The Kier molecular flexibility index (Phi) is 4.43. The molecule has 136 valence electrons. The molecule has 2 heterocycles. The van der Waals surface area contributed by atoms with Gasteiger partial charge in [-0.2, -0.15) is 9.61 Å². The summed E-state index contributed by atoms with van der Waals surface area (Å²) in [6.45, 7) is 8.75. The molecule has 0 bridgehead atoms. The summed E-state index contributed by atoms with van der Waals surface area (Å²) >= 11 is 0. The molecule has 0 radical (unpaired) electrons. The summed E-state index contributed by atoms with van der Waals surface area (Å²) in [6.07, 6.45) is 5.58. The van der Waals surface area contributed by atoms with Crippen LogP contribution in [0.1, 0.15) is 55.6 Å². The predicted molar refractivity (Wildman–Crippen MR) is 108 cm³/mol. The Morgan fingerprint density at radius 3 is 2.62 bits per heavy atom. The smallest absolute Gasteiger partial charge is 0.165 e. The maximum Gasteiger partial charge on any atom is 0.165 e. The predicted octanol–water partition coefficient (Wildman–Crippen LogP) is 5.10. The van der Waals surface area contributed by atoms with Crippen LogP contribution in [0.15, 0.2) is 24.3 Å². The van der Waals surface area contributed by atoms with Gasteiger partial charge in [-0.3, -0.25) is 0 Å². The summed E-state index contributed by atoms with van der Waals surface area (Å²) in [5.41, 5.74) is 8.32. The minimum atomic E-state index is 0.469. The van der Waals surface area contributed by atoms with E-state index >= 15 is 0 Å². The van der Waals surface area contributed by atoms with Gasteiger partial charge in [-0.1, -0.05) is 38.1 Å². The first kappa shape index (κ1) is 17.1. The third kappa shape index (κ3) is 2.68. The molecule has 0 saturated heterocycles. The van der Waals surface area contributed by atoms with E-state index < -0.39 is 0 Å². The number of hydrogen-bond acceptors (Lipinski definition) is 3. The largest absolute Gasteiger partial charge is 0.367 e. The van der Waals surface area contributed by atoms with Crippen molar-refractivity contribution in [2.24, 2.45) is 0 Å². The van der Waals surface area contributed by atoms with Crippen LogP contribution in [0.25, 0.3) is 16.8 Å². The standard InChI is InChI=1S/C22H28N4/c1-5-16(6-2)23-21-18-12-9-13-19(18)24-22-20(15(4)25-26(21)22)17-11-8-7-10-14(17)3/h7-8,10-11,16,23H,5-6,9,12-13H2,1-4H3. The fraction of sp³-hybridized carbons (Fsp3) is 0.455. The Balaban J connectivity index is 1.97. The molecule has 4 nitrogen and oxygen atoms in total. The first-order valence-electron chi connectivity index (χ1n) is 9.87. The van der Waals surface area contributed by atoms with Gasteiger partial charge in [0, 0.05) is 22.9 Å². The average Bonchev–Trinajstić information content (AvgIpc) is 3.23. The van der Waals surface area contributed by atoms with Crippen molar-refractivity contribution < 1.29 is 0 Å². The van der Waals surface area contributed by atoms with E-state index in [-0.39, 0.29) is 0 Å². The molecule has 0 amide bonds. The molecule has 0 spiro atoms. The molecule has 4 rings (SSSR count). The first-order valence-corrected chi connectivity index (χ1v) is 9.87. The zero-order valence-electron chi connectivity index (χ0n) is 16.3. The van der Waals surface area contributed by atoms with Gasteiger partial charge in [-0.05, 0) is 57.1 Å². The molecule has 1 aliphatic rings. The van der Waals surface area contributed by atoms with Crippen LogP contribution >= 0.6 is 0 Å². The Labute approximate surface area is 155 Å². The van der Waals surface area contributed by atoms with Gasteiger partial charge < -0.3 is 5.32 Å². The van der Waals surface area contributed by atoms with Gasteiger partial charge in [-0.15, -0.1) is 0 Å². The lowest BCUT2D eigenvalue weighted by Crippen LogP contribution is -2.21. The SMILES string of the molecule is CCC(CC)Nc1c2c(nc3c(-c4ccccc4C)c(C)nn13)CCC2. The van der Waals surface area contributed by atoms with Crippen LogP contribution in [0.5, 0.6) is 0 Å². The van der Waals surface area contributed by atoms with E-state index in [1.165, 1.54) is 40.2 Å². The minimum absolute atomic E-state index is 0.469. The van der Waals surface area contributed by atoms with Gasteiger partial charge in [0.15, 0.2) is 5.65 Å². The van der Waals surface area contributed by atoms with E-state index in [1.54, 1.807) is 0 Å². The maximum absolute atomic E-state index is 5.07. The van der Waals surface area contributed by atoms with E-state index in [1.807, 2.05) is 0 Å². The number of rotatable bonds is 5. The molecule has 0 atom stereocenters. The monoisotopic (exact) mass is 348 g/mol. The third-order valence-corrected chi connectivity index (χ3v) is 5.70. The van der Waals surface area contributed by atoms with Crippen molar-refractivity contribution in [2.45, 2.75) is 65.8 Å². The van der Waals surface area contributed by atoms with Gasteiger partial charge in [0.1, 0.15) is 5.82 Å². The highest BCUT2D eigenvalue weighted by molar-refractivity contribution is 5.83. The molecular formula is C22H28N4. The lowest BCUT2D eigenvalue weighted by molar-refractivity contribution is 0.661. The van der Waals surface area contributed by atoms with Gasteiger partial charge in [0.2, 0.25) is 0 Å². The second kappa shape index (κ2) is 6.75. The molecule has 26 heavy (non-hydrogen) atoms. The van der Waals surface area contributed by atoms with Crippen molar-refractivity contribution in [1.29, 1.82) is 0 Å². The van der Waals surface area contributed by atoms with E-state index in [4.69, 9.17) is 10.1 Å². The zero-order valence-corrected chi connectivity index (χ0v) is 16.3. The van der Waals surface area contributed by atoms with Crippen LogP contribution in [0.2, 0.25) is 0 Å². The molecule has 1 N–H and O–H groups in total. The van der Waals surface area contributed by atoms with Crippen molar-refractivity contribution in [1.82, 2.24) is 14.6 Å². The molecule has 0 aliphatic heterocycles. The number of benzene rings is 1. The van der Waals surface area contributed by atoms with Gasteiger partial charge >= 0.3 is 0 Å². The maximum atomic E-state index is 5.07. The summed E-state index contributed by atoms with van der Waals surface area (Å²) in [5, 5.41) is 8.71. The summed E-state index contributed by atoms with van der Waals surface area (Å²) < 4.78 is 2.07. The molecule has 0 unspecified atom stereocenters. The summed E-state index contributed by atoms with van der Waals surface area (Å²) in [7, 11) is 0. The Bertz CT molecular complexity index is 950. The third-order valence-electron chi connectivity index (χ3n) is 5.70. The van der Waals surface area contributed by atoms with Crippen molar-refractivity contribution in [3.63, 3.8) is 0 Å². The lowest BCUT2D eigenvalue weighted by atomic mass is 10.0. The highest BCUT2D eigenvalue weighted by atomic mass is 15.3. The number of anilines is 1. The van der Waals surface area contributed by atoms with Crippen LogP contribution in [-0.4, -0.2) is 20.6 Å². The number of fused-ring (bicyclic) bond motifs is 2. The minimum Gasteiger partial charge on any atom is -0.367 e. The fourth-order valence-electron chi connectivity index (χ4n) is 4.14. The molecule has 3 aromatic rings. The van der Waals surface area contributed by atoms with Crippen LogP contribution in [0.4, 0.5) is 5.82 Å². The number of nitrogens with one attached hydrogen (secondary N) is 1. The summed E-state index contributed by atoms with van der Waals surface area (Å²) in [4.78, 5) is 5.07. The van der Waals surface area contributed by atoms with Gasteiger partial charge in [-0.25, -0.2) is 4.98 Å². The molecule has 1 aliphatic carbocycles. The Morgan fingerprint density at radius 1 is 1.12 bits per heavy atom. The van der Waals surface area contributed by atoms with Gasteiger partial charge in [0.05, 0.1) is 5.69 Å². The second-order valence-electron chi connectivity index (χ2n) is 7.41. The Morgan fingerprint density at radius 2 is 1.88 bits per heavy atom. The lowest BCUT2D eigenvalue weighted by Gasteiger charge is -2.19. The number of aryl methyl sites for hydroxylation is 3.